The molecule has 1 rings (SSSR count). The summed E-state index contributed by atoms with van der Waals surface area (Å²) in [5, 5.41) is 0. The predicted molar refractivity (Wildman–Crippen MR) is 73.8 cm³/mol. The third-order valence-electron chi connectivity index (χ3n) is 3.49. The van der Waals surface area contributed by atoms with Crippen molar-refractivity contribution in [2.75, 3.05) is 0 Å². The number of hydrogen-bond donors (Lipinski definition) is 0. The molecule has 0 aromatic carbocycles. The molecule has 2 atom stereocenters. The average Bonchev–Trinajstić information content (AvgIpc) is 2.27. The zero-order valence-corrected chi connectivity index (χ0v) is 11.9. The maximum Gasteiger partial charge on any atom is 0.142 e. The van der Waals surface area contributed by atoms with Crippen molar-refractivity contribution < 1.29 is 4.79 Å². The Bertz CT molecular complexity index is 320. The van der Waals surface area contributed by atoms with Crippen molar-refractivity contribution in [3.05, 3.63) is 23.8 Å². The van der Waals surface area contributed by atoms with Crippen LogP contribution in [0, 0.1) is 23.7 Å². The number of carbonyl (C=O) groups excluding carboxylic acids is 1. The summed E-state index contributed by atoms with van der Waals surface area (Å²) in [7, 11) is 0. The first kappa shape index (κ1) is 14.2. The standard InChI is InChI=1S/C16H26O/c1-11(2)10-14-6-8-15(9-7-14)13(5)16(17)12(3)4/h6,8-9,11-14H,7,10H2,1-5H3/t13-,14?/m0/s1. The van der Waals surface area contributed by atoms with Gasteiger partial charge in [0, 0.05) is 11.8 Å². The van der Waals surface area contributed by atoms with Gasteiger partial charge in [-0.05, 0) is 30.3 Å². The second kappa shape index (κ2) is 6.18. The van der Waals surface area contributed by atoms with Gasteiger partial charge in [-0.25, -0.2) is 0 Å². The van der Waals surface area contributed by atoms with E-state index in [0.717, 1.165) is 12.3 Å². The summed E-state index contributed by atoms with van der Waals surface area (Å²) in [6, 6.07) is 0. The van der Waals surface area contributed by atoms with Gasteiger partial charge in [-0.2, -0.15) is 0 Å². The average molecular weight is 234 g/mol. The minimum Gasteiger partial charge on any atom is -0.299 e. The Labute approximate surface area is 106 Å². The van der Waals surface area contributed by atoms with E-state index in [-0.39, 0.29) is 11.8 Å². The van der Waals surface area contributed by atoms with Gasteiger partial charge in [0.2, 0.25) is 0 Å². The van der Waals surface area contributed by atoms with E-state index in [2.05, 4.69) is 32.1 Å². The molecule has 0 fully saturated rings. The Hall–Kier alpha value is -0.850. The first-order valence-corrected chi connectivity index (χ1v) is 6.83. The lowest BCUT2D eigenvalue weighted by atomic mass is 9.83. The minimum atomic E-state index is 0.0613. The van der Waals surface area contributed by atoms with Crippen LogP contribution < -0.4 is 0 Å². The lowest BCUT2D eigenvalue weighted by molar-refractivity contribution is -0.124. The number of hydrogen-bond acceptors (Lipinski definition) is 1. The van der Waals surface area contributed by atoms with E-state index in [1.165, 1.54) is 12.0 Å². The highest BCUT2D eigenvalue weighted by atomic mass is 16.1. The van der Waals surface area contributed by atoms with E-state index in [1.54, 1.807) is 0 Å². The van der Waals surface area contributed by atoms with Crippen LogP contribution in [0.15, 0.2) is 23.8 Å². The maximum absolute atomic E-state index is 11.9. The molecule has 1 nitrogen and oxygen atoms in total. The molecule has 0 aromatic heterocycles. The van der Waals surface area contributed by atoms with Crippen LogP contribution in [0.25, 0.3) is 0 Å². The molecule has 0 N–H and O–H groups in total. The molecule has 0 radical (unpaired) electrons. The molecule has 0 heterocycles. The SMILES string of the molecule is CC(C)CC1C=CC([C@H](C)C(=O)C(C)C)=CC1. The van der Waals surface area contributed by atoms with Crippen molar-refractivity contribution in [3.63, 3.8) is 0 Å². The summed E-state index contributed by atoms with van der Waals surface area (Å²) in [4.78, 5) is 11.9. The van der Waals surface area contributed by atoms with Crippen molar-refractivity contribution >= 4 is 5.78 Å². The van der Waals surface area contributed by atoms with Gasteiger partial charge in [0.1, 0.15) is 5.78 Å². The zero-order valence-electron chi connectivity index (χ0n) is 11.9. The normalized spacial score (nSPS) is 21.8. The van der Waals surface area contributed by atoms with Crippen LogP contribution in [0.1, 0.15) is 47.5 Å². The molecular formula is C16H26O. The third kappa shape index (κ3) is 4.14. The van der Waals surface area contributed by atoms with Crippen LogP contribution in [0.5, 0.6) is 0 Å². The van der Waals surface area contributed by atoms with Crippen molar-refractivity contribution in [1.29, 1.82) is 0 Å². The summed E-state index contributed by atoms with van der Waals surface area (Å²) in [6.07, 6.45) is 9.06. The molecule has 0 spiro atoms. The van der Waals surface area contributed by atoms with E-state index in [1.807, 2.05) is 20.8 Å². The van der Waals surface area contributed by atoms with Gasteiger partial charge >= 0.3 is 0 Å². The Balaban J connectivity index is 2.58. The predicted octanol–water partition coefficient (Wildman–Crippen LogP) is 4.40. The highest BCUT2D eigenvalue weighted by molar-refractivity contribution is 5.85. The van der Waals surface area contributed by atoms with Gasteiger partial charge in [-0.3, -0.25) is 4.79 Å². The number of Topliss-reactive ketones (excluding diaryl/α,β-unsaturated/α-hetero) is 1. The first-order valence-electron chi connectivity index (χ1n) is 6.83. The van der Waals surface area contributed by atoms with Crippen LogP contribution in [0.4, 0.5) is 0 Å². The van der Waals surface area contributed by atoms with Gasteiger partial charge in [-0.15, -0.1) is 0 Å². The molecular weight excluding hydrogens is 208 g/mol. The van der Waals surface area contributed by atoms with Crippen molar-refractivity contribution in [3.8, 4) is 0 Å². The lowest BCUT2D eigenvalue weighted by Gasteiger charge is -2.21. The molecule has 0 aliphatic heterocycles. The summed E-state index contributed by atoms with van der Waals surface area (Å²) in [5.74, 6) is 1.96. The summed E-state index contributed by atoms with van der Waals surface area (Å²) in [6.45, 7) is 10.5. The molecule has 0 saturated carbocycles. The molecule has 96 valence electrons. The molecule has 17 heavy (non-hydrogen) atoms. The van der Waals surface area contributed by atoms with Gasteiger partial charge < -0.3 is 0 Å². The fourth-order valence-corrected chi connectivity index (χ4v) is 2.45. The first-order chi connectivity index (χ1) is 7.91. The number of ketones is 1. The quantitative estimate of drug-likeness (QED) is 0.689. The maximum atomic E-state index is 11.9. The molecule has 1 unspecified atom stereocenters. The number of rotatable bonds is 5. The van der Waals surface area contributed by atoms with Crippen molar-refractivity contribution in [2.45, 2.75) is 47.5 Å². The van der Waals surface area contributed by atoms with Gasteiger partial charge in [0.25, 0.3) is 0 Å². The monoisotopic (exact) mass is 234 g/mol. The van der Waals surface area contributed by atoms with Crippen LogP contribution in [0.2, 0.25) is 0 Å². The summed E-state index contributed by atoms with van der Waals surface area (Å²) in [5.41, 5.74) is 1.21. The topological polar surface area (TPSA) is 17.1 Å². The lowest BCUT2D eigenvalue weighted by Crippen LogP contribution is -2.19. The highest BCUT2D eigenvalue weighted by Gasteiger charge is 2.21. The van der Waals surface area contributed by atoms with Crippen molar-refractivity contribution in [2.24, 2.45) is 23.7 Å². The molecule has 0 saturated heterocycles. The van der Waals surface area contributed by atoms with Crippen LogP contribution in [-0.2, 0) is 4.79 Å². The molecule has 1 aliphatic carbocycles. The molecule has 0 amide bonds. The second-order valence-corrected chi connectivity index (χ2v) is 5.97. The summed E-state index contributed by atoms with van der Waals surface area (Å²) < 4.78 is 0. The molecule has 0 bridgehead atoms. The molecule has 0 aromatic rings. The van der Waals surface area contributed by atoms with Crippen molar-refractivity contribution in [1.82, 2.24) is 0 Å². The van der Waals surface area contributed by atoms with Crippen LogP contribution >= 0.6 is 0 Å². The van der Waals surface area contributed by atoms with E-state index in [9.17, 15) is 4.79 Å². The molecule has 1 aliphatic rings. The number of carbonyl (C=O) groups is 1. The fraction of sp³-hybridized carbons (Fsp3) is 0.688. The Morgan fingerprint density at radius 1 is 1.29 bits per heavy atom. The van der Waals surface area contributed by atoms with E-state index in [4.69, 9.17) is 0 Å². The Kier molecular flexibility index (Phi) is 5.17. The fourth-order valence-electron chi connectivity index (χ4n) is 2.45. The second-order valence-electron chi connectivity index (χ2n) is 5.97. The van der Waals surface area contributed by atoms with E-state index < -0.39 is 0 Å². The smallest absolute Gasteiger partial charge is 0.142 e. The van der Waals surface area contributed by atoms with Gasteiger partial charge in [0.05, 0.1) is 0 Å². The van der Waals surface area contributed by atoms with Crippen LogP contribution in [-0.4, -0.2) is 5.78 Å². The largest absolute Gasteiger partial charge is 0.299 e. The molecule has 1 heteroatoms. The highest BCUT2D eigenvalue weighted by Crippen LogP contribution is 2.27. The van der Waals surface area contributed by atoms with Crippen LogP contribution in [0.3, 0.4) is 0 Å². The van der Waals surface area contributed by atoms with Gasteiger partial charge in [-0.1, -0.05) is 52.8 Å². The van der Waals surface area contributed by atoms with E-state index >= 15 is 0 Å². The summed E-state index contributed by atoms with van der Waals surface area (Å²) >= 11 is 0. The Morgan fingerprint density at radius 3 is 2.35 bits per heavy atom. The minimum absolute atomic E-state index is 0.0613. The van der Waals surface area contributed by atoms with E-state index in [0.29, 0.717) is 11.7 Å². The zero-order chi connectivity index (χ0) is 13.0. The third-order valence-corrected chi connectivity index (χ3v) is 3.49. The Morgan fingerprint density at radius 2 is 1.94 bits per heavy atom. The van der Waals surface area contributed by atoms with Gasteiger partial charge in [0.15, 0.2) is 0 Å². The number of allylic oxidation sites excluding steroid dienone is 4.